The summed E-state index contributed by atoms with van der Waals surface area (Å²) in [5.41, 5.74) is 5.84. The molecule has 1 heterocycles. The number of halogens is 2. The van der Waals surface area contributed by atoms with E-state index in [1.807, 2.05) is 0 Å². The first-order valence-electron chi connectivity index (χ1n) is 7.09. The predicted octanol–water partition coefficient (Wildman–Crippen LogP) is 3.25. The van der Waals surface area contributed by atoms with Crippen molar-refractivity contribution < 1.29 is 13.5 Å². The van der Waals surface area contributed by atoms with E-state index < -0.39 is 5.92 Å². The summed E-state index contributed by atoms with van der Waals surface area (Å²) in [7, 11) is 0. The molecule has 0 aliphatic carbocycles. The van der Waals surface area contributed by atoms with Crippen molar-refractivity contribution in [1.82, 2.24) is 4.90 Å². The molecule has 5 heteroatoms. The Morgan fingerprint density at radius 3 is 2.55 bits per heavy atom. The molecule has 0 amide bonds. The van der Waals surface area contributed by atoms with Crippen molar-refractivity contribution in [3.8, 4) is 5.75 Å². The molecule has 0 unspecified atom stereocenters. The van der Waals surface area contributed by atoms with Crippen LogP contribution in [0.25, 0.3) is 0 Å². The van der Waals surface area contributed by atoms with Gasteiger partial charge in [-0.05, 0) is 38.1 Å². The lowest BCUT2D eigenvalue weighted by Gasteiger charge is -2.26. The summed E-state index contributed by atoms with van der Waals surface area (Å²) in [5.74, 6) is -2.49. The summed E-state index contributed by atoms with van der Waals surface area (Å²) in [6.45, 7) is 4.38. The molecule has 112 valence electrons. The zero-order valence-corrected chi connectivity index (χ0v) is 11.9. The molecule has 0 atom stereocenters. The lowest BCUT2D eigenvalue weighted by atomic mass is 10.1. The highest BCUT2D eigenvalue weighted by Gasteiger charge is 2.25. The molecule has 0 radical (unpaired) electrons. The third-order valence-corrected chi connectivity index (χ3v) is 3.56. The average molecular weight is 284 g/mol. The zero-order chi connectivity index (χ0) is 14.6. The van der Waals surface area contributed by atoms with Crippen LogP contribution in [-0.4, -0.2) is 31.1 Å². The van der Waals surface area contributed by atoms with Gasteiger partial charge in [-0.1, -0.05) is 6.42 Å². The zero-order valence-electron chi connectivity index (χ0n) is 11.9. The van der Waals surface area contributed by atoms with Crippen LogP contribution in [0.2, 0.25) is 0 Å². The molecule has 1 aliphatic rings. The largest absolute Gasteiger partial charge is 0.492 e. The van der Waals surface area contributed by atoms with Crippen molar-refractivity contribution in [2.45, 2.75) is 32.1 Å². The molecule has 1 saturated heterocycles. The number of nitrogen functional groups attached to an aromatic ring is 1. The van der Waals surface area contributed by atoms with Gasteiger partial charge in [0.2, 0.25) is 0 Å². The molecule has 0 aromatic heterocycles. The first-order chi connectivity index (χ1) is 9.45. The van der Waals surface area contributed by atoms with Crippen LogP contribution in [0, 0.1) is 0 Å². The van der Waals surface area contributed by atoms with Gasteiger partial charge in [0.1, 0.15) is 12.4 Å². The molecular weight excluding hydrogens is 262 g/mol. The SMILES string of the molecule is CC(F)(F)c1cc(N)cc(OCCN2CCCCC2)c1. The van der Waals surface area contributed by atoms with E-state index in [2.05, 4.69) is 4.90 Å². The molecule has 20 heavy (non-hydrogen) atoms. The first-order valence-corrected chi connectivity index (χ1v) is 7.09. The average Bonchev–Trinajstić information content (AvgIpc) is 2.38. The molecule has 0 spiro atoms. The number of nitrogens with zero attached hydrogens (tertiary/aromatic N) is 1. The second-order valence-corrected chi connectivity index (χ2v) is 5.43. The second kappa shape index (κ2) is 6.39. The summed E-state index contributed by atoms with van der Waals surface area (Å²) in [6, 6.07) is 4.25. The summed E-state index contributed by atoms with van der Waals surface area (Å²) in [6.07, 6.45) is 3.75. The van der Waals surface area contributed by atoms with E-state index in [9.17, 15) is 8.78 Å². The minimum absolute atomic E-state index is 0.106. The van der Waals surface area contributed by atoms with Gasteiger partial charge in [-0.25, -0.2) is 8.78 Å². The monoisotopic (exact) mass is 284 g/mol. The predicted molar refractivity (Wildman–Crippen MR) is 76.2 cm³/mol. The van der Waals surface area contributed by atoms with Crippen molar-refractivity contribution in [3.63, 3.8) is 0 Å². The number of nitrogens with two attached hydrogens (primary N) is 1. The van der Waals surface area contributed by atoms with Gasteiger partial charge in [0.15, 0.2) is 0 Å². The Bertz CT molecular complexity index is 440. The Morgan fingerprint density at radius 2 is 1.90 bits per heavy atom. The van der Waals surface area contributed by atoms with Gasteiger partial charge < -0.3 is 10.5 Å². The Balaban J connectivity index is 1.90. The Morgan fingerprint density at radius 1 is 1.20 bits per heavy atom. The van der Waals surface area contributed by atoms with Gasteiger partial charge in [-0.2, -0.15) is 0 Å². The molecule has 1 aromatic rings. The van der Waals surface area contributed by atoms with Crippen molar-refractivity contribution in [1.29, 1.82) is 0 Å². The number of benzene rings is 1. The molecule has 1 aliphatic heterocycles. The molecule has 3 nitrogen and oxygen atoms in total. The van der Waals surface area contributed by atoms with Crippen LogP contribution in [0.3, 0.4) is 0 Å². The molecule has 0 saturated carbocycles. The molecule has 1 fully saturated rings. The summed E-state index contributed by atoms with van der Waals surface area (Å²) in [5, 5.41) is 0. The van der Waals surface area contributed by atoms with E-state index in [1.165, 1.54) is 31.4 Å². The number of hydrogen-bond acceptors (Lipinski definition) is 3. The minimum atomic E-state index is -2.90. The lowest BCUT2D eigenvalue weighted by molar-refractivity contribution is 0.0172. The van der Waals surface area contributed by atoms with E-state index in [0.717, 1.165) is 26.6 Å². The number of piperidine rings is 1. The fraction of sp³-hybridized carbons (Fsp3) is 0.600. The Labute approximate surface area is 118 Å². The highest BCUT2D eigenvalue weighted by atomic mass is 19.3. The van der Waals surface area contributed by atoms with Gasteiger partial charge in [-0.3, -0.25) is 4.90 Å². The summed E-state index contributed by atoms with van der Waals surface area (Å²) >= 11 is 0. The highest BCUT2D eigenvalue weighted by molar-refractivity contribution is 5.48. The maximum Gasteiger partial charge on any atom is 0.270 e. The van der Waals surface area contributed by atoms with Crippen molar-refractivity contribution in [2.24, 2.45) is 0 Å². The van der Waals surface area contributed by atoms with E-state index in [1.54, 1.807) is 6.07 Å². The van der Waals surface area contributed by atoms with E-state index in [-0.39, 0.29) is 5.56 Å². The number of alkyl halides is 2. The first kappa shape index (κ1) is 15.0. The standard InChI is InChI=1S/C15H22F2N2O/c1-15(16,17)12-9-13(18)11-14(10-12)20-8-7-19-5-3-2-4-6-19/h9-11H,2-8,18H2,1H3. The molecule has 2 rings (SSSR count). The summed E-state index contributed by atoms with van der Waals surface area (Å²) < 4.78 is 32.2. The van der Waals surface area contributed by atoms with Gasteiger partial charge >= 0.3 is 0 Å². The van der Waals surface area contributed by atoms with Crippen LogP contribution in [0.5, 0.6) is 5.75 Å². The van der Waals surface area contributed by atoms with Crippen molar-refractivity contribution in [2.75, 3.05) is 32.0 Å². The van der Waals surface area contributed by atoms with Gasteiger partial charge in [0, 0.05) is 30.8 Å². The maximum atomic E-state index is 13.3. The normalized spacial score (nSPS) is 17.1. The van der Waals surface area contributed by atoms with E-state index >= 15 is 0 Å². The minimum Gasteiger partial charge on any atom is -0.492 e. The van der Waals surface area contributed by atoms with Crippen LogP contribution in [0.1, 0.15) is 31.7 Å². The van der Waals surface area contributed by atoms with Gasteiger partial charge in [-0.15, -0.1) is 0 Å². The van der Waals surface area contributed by atoms with E-state index in [0.29, 0.717) is 18.0 Å². The van der Waals surface area contributed by atoms with Crippen LogP contribution < -0.4 is 10.5 Å². The van der Waals surface area contributed by atoms with E-state index in [4.69, 9.17) is 10.5 Å². The van der Waals surface area contributed by atoms with Crippen LogP contribution in [-0.2, 0) is 5.92 Å². The van der Waals surface area contributed by atoms with Gasteiger partial charge in [0.05, 0.1) is 0 Å². The van der Waals surface area contributed by atoms with Crippen molar-refractivity contribution >= 4 is 5.69 Å². The smallest absolute Gasteiger partial charge is 0.270 e. The third-order valence-electron chi connectivity index (χ3n) is 3.56. The topological polar surface area (TPSA) is 38.5 Å². The number of hydrogen-bond donors (Lipinski definition) is 1. The second-order valence-electron chi connectivity index (χ2n) is 5.43. The quantitative estimate of drug-likeness (QED) is 0.844. The van der Waals surface area contributed by atoms with Crippen LogP contribution in [0.15, 0.2) is 18.2 Å². The van der Waals surface area contributed by atoms with Crippen LogP contribution in [0.4, 0.5) is 14.5 Å². The number of rotatable bonds is 5. The molecule has 2 N–H and O–H groups in total. The maximum absolute atomic E-state index is 13.3. The number of ether oxygens (including phenoxy) is 1. The lowest BCUT2D eigenvalue weighted by Crippen LogP contribution is -2.33. The Hall–Kier alpha value is -1.36. The molecular formula is C15H22F2N2O. The Kier molecular flexibility index (Phi) is 4.81. The third kappa shape index (κ3) is 4.34. The molecule has 1 aromatic carbocycles. The van der Waals surface area contributed by atoms with Crippen LogP contribution >= 0.6 is 0 Å². The molecule has 0 bridgehead atoms. The fourth-order valence-electron chi connectivity index (χ4n) is 2.43. The number of likely N-dealkylation sites (tertiary alicyclic amines) is 1. The fourth-order valence-corrected chi connectivity index (χ4v) is 2.43. The van der Waals surface area contributed by atoms with Gasteiger partial charge in [0.25, 0.3) is 5.92 Å². The summed E-state index contributed by atoms with van der Waals surface area (Å²) in [4.78, 5) is 2.34. The number of anilines is 1. The van der Waals surface area contributed by atoms with Crippen molar-refractivity contribution in [3.05, 3.63) is 23.8 Å². The highest BCUT2D eigenvalue weighted by Crippen LogP contribution is 2.31.